The van der Waals surface area contributed by atoms with Crippen LogP contribution in [-0.2, 0) is 11.2 Å². The zero-order chi connectivity index (χ0) is 9.90. The van der Waals surface area contributed by atoms with Crippen molar-refractivity contribution in [1.29, 1.82) is 0 Å². The highest BCUT2D eigenvalue weighted by atomic mass is 32.1. The van der Waals surface area contributed by atoms with E-state index < -0.39 is 0 Å². The van der Waals surface area contributed by atoms with E-state index in [0.29, 0.717) is 0 Å². The zero-order valence-corrected chi connectivity index (χ0v) is 9.57. The molecule has 13 heavy (non-hydrogen) atoms. The Bertz CT molecular complexity index is 271. The lowest BCUT2D eigenvalue weighted by molar-refractivity contribution is 0.786. The van der Waals surface area contributed by atoms with Gasteiger partial charge in [0.15, 0.2) is 0 Å². The minimum absolute atomic E-state index is 0.0241. The molecule has 0 unspecified atom stereocenters. The van der Waals surface area contributed by atoms with Crippen LogP contribution in [0.25, 0.3) is 0 Å². The Labute approximate surface area is 86.8 Å². The van der Waals surface area contributed by atoms with E-state index in [0.717, 1.165) is 6.42 Å². The van der Waals surface area contributed by atoms with Gasteiger partial charge in [-0.05, 0) is 31.4 Å². The molecular weight excluding hydrogens is 176 g/mol. The number of thiol groups is 1. The Morgan fingerprint density at radius 3 is 2.54 bits per heavy atom. The van der Waals surface area contributed by atoms with Crippen molar-refractivity contribution in [1.82, 2.24) is 0 Å². The molecule has 0 saturated heterocycles. The summed E-state index contributed by atoms with van der Waals surface area (Å²) in [6.45, 7) is 6.46. The first-order valence-corrected chi connectivity index (χ1v) is 5.30. The number of hydrogen-bond donors (Lipinski definition) is 1. The summed E-state index contributed by atoms with van der Waals surface area (Å²) in [6, 6.07) is 8.72. The Kier molecular flexibility index (Phi) is 3.43. The lowest BCUT2D eigenvalue weighted by Gasteiger charge is -2.18. The van der Waals surface area contributed by atoms with Gasteiger partial charge < -0.3 is 0 Å². The third-order valence-corrected chi connectivity index (χ3v) is 2.43. The molecule has 0 fully saturated rings. The molecule has 0 saturated carbocycles. The molecule has 0 radical (unpaired) electrons. The SMILES string of the molecule is CCCc1cccc(C(C)(C)S)c1. The zero-order valence-electron chi connectivity index (χ0n) is 8.67. The quantitative estimate of drug-likeness (QED) is 0.695. The fourth-order valence-corrected chi connectivity index (χ4v) is 1.54. The molecular formula is C12H18S. The Morgan fingerprint density at radius 2 is 2.00 bits per heavy atom. The van der Waals surface area contributed by atoms with Crippen molar-refractivity contribution in [3.05, 3.63) is 35.4 Å². The summed E-state index contributed by atoms with van der Waals surface area (Å²) in [5.41, 5.74) is 2.73. The molecule has 0 atom stereocenters. The first kappa shape index (κ1) is 10.6. The third kappa shape index (κ3) is 3.07. The van der Waals surface area contributed by atoms with E-state index >= 15 is 0 Å². The van der Waals surface area contributed by atoms with E-state index in [4.69, 9.17) is 0 Å². The third-order valence-electron chi connectivity index (χ3n) is 2.17. The molecule has 72 valence electrons. The van der Waals surface area contributed by atoms with Gasteiger partial charge in [-0.3, -0.25) is 0 Å². The molecule has 0 aliphatic heterocycles. The van der Waals surface area contributed by atoms with Gasteiger partial charge in [-0.25, -0.2) is 0 Å². The van der Waals surface area contributed by atoms with E-state index in [2.05, 4.69) is 57.7 Å². The van der Waals surface area contributed by atoms with Gasteiger partial charge in [0.2, 0.25) is 0 Å². The molecule has 0 aliphatic carbocycles. The van der Waals surface area contributed by atoms with Crippen LogP contribution >= 0.6 is 12.6 Å². The lowest BCUT2D eigenvalue weighted by Crippen LogP contribution is -2.07. The van der Waals surface area contributed by atoms with Gasteiger partial charge in [0.1, 0.15) is 0 Å². The normalized spacial score (nSPS) is 11.7. The highest BCUT2D eigenvalue weighted by Crippen LogP contribution is 2.27. The predicted molar refractivity (Wildman–Crippen MR) is 62.4 cm³/mol. The molecule has 0 heterocycles. The van der Waals surface area contributed by atoms with Gasteiger partial charge in [-0.1, -0.05) is 37.6 Å². The van der Waals surface area contributed by atoms with Gasteiger partial charge in [0.05, 0.1) is 0 Å². The van der Waals surface area contributed by atoms with Crippen LogP contribution in [0, 0.1) is 0 Å². The number of benzene rings is 1. The minimum atomic E-state index is -0.0241. The van der Waals surface area contributed by atoms with E-state index in [1.54, 1.807) is 0 Å². The average molecular weight is 194 g/mol. The Morgan fingerprint density at radius 1 is 1.31 bits per heavy atom. The molecule has 1 aromatic carbocycles. The monoisotopic (exact) mass is 194 g/mol. The summed E-state index contributed by atoms with van der Waals surface area (Å²) in [7, 11) is 0. The van der Waals surface area contributed by atoms with Gasteiger partial charge >= 0.3 is 0 Å². The maximum absolute atomic E-state index is 4.56. The number of hydrogen-bond acceptors (Lipinski definition) is 1. The first-order valence-electron chi connectivity index (χ1n) is 4.86. The van der Waals surface area contributed by atoms with Crippen LogP contribution in [0.4, 0.5) is 0 Å². The van der Waals surface area contributed by atoms with E-state index in [-0.39, 0.29) is 4.75 Å². The minimum Gasteiger partial charge on any atom is -0.168 e. The second kappa shape index (κ2) is 4.19. The van der Waals surface area contributed by atoms with Gasteiger partial charge in [-0.2, -0.15) is 12.6 Å². The fraction of sp³-hybridized carbons (Fsp3) is 0.500. The second-order valence-corrected chi connectivity index (χ2v) is 5.13. The summed E-state index contributed by atoms with van der Waals surface area (Å²) < 4.78 is -0.0241. The van der Waals surface area contributed by atoms with Crippen molar-refractivity contribution in [2.45, 2.75) is 38.4 Å². The summed E-state index contributed by atoms with van der Waals surface area (Å²) in [5, 5.41) is 0. The molecule has 0 bridgehead atoms. The van der Waals surface area contributed by atoms with Crippen molar-refractivity contribution in [3.63, 3.8) is 0 Å². The molecule has 0 spiro atoms. The molecule has 0 amide bonds. The topological polar surface area (TPSA) is 0 Å². The standard InChI is InChI=1S/C12H18S/c1-4-6-10-7-5-8-11(9-10)12(2,3)13/h5,7-9,13H,4,6H2,1-3H3. The maximum atomic E-state index is 4.56. The maximum Gasteiger partial charge on any atom is 0.0322 e. The van der Waals surface area contributed by atoms with Crippen LogP contribution < -0.4 is 0 Å². The van der Waals surface area contributed by atoms with Crippen LogP contribution in [0.5, 0.6) is 0 Å². The lowest BCUT2D eigenvalue weighted by atomic mass is 9.98. The molecule has 0 N–H and O–H groups in total. The molecule has 0 aliphatic rings. The smallest absolute Gasteiger partial charge is 0.0322 e. The highest BCUT2D eigenvalue weighted by Gasteiger charge is 2.14. The Balaban J connectivity index is 2.92. The first-order chi connectivity index (χ1) is 6.04. The van der Waals surface area contributed by atoms with Gasteiger partial charge in [0, 0.05) is 4.75 Å². The van der Waals surface area contributed by atoms with Crippen molar-refractivity contribution in [3.8, 4) is 0 Å². The van der Waals surface area contributed by atoms with Crippen molar-refractivity contribution in [2.75, 3.05) is 0 Å². The highest BCUT2D eigenvalue weighted by molar-refractivity contribution is 7.81. The Hall–Kier alpha value is -0.430. The number of aryl methyl sites for hydroxylation is 1. The van der Waals surface area contributed by atoms with Crippen molar-refractivity contribution >= 4 is 12.6 Å². The molecule has 1 heteroatoms. The van der Waals surface area contributed by atoms with Crippen LogP contribution in [0.15, 0.2) is 24.3 Å². The van der Waals surface area contributed by atoms with Gasteiger partial charge in [0.25, 0.3) is 0 Å². The van der Waals surface area contributed by atoms with Crippen molar-refractivity contribution < 1.29 is 0 Å². The van der Waals surface area contributed by atoms with Gasteiger partial charge in [-0.15, -0.1) is 0 Å². The molecule has 1 aromatic rings. The summed E-state index contributed by atoms with van der Waals surface area (Å²) >= 11 is 4.56. The van der Waals surface area contributed by atoms with Crippen molar-refractivity contribution in [2.24, 2.45) is 0 Å². The van der Waals surface area contributed by atoms with Crippen LogP contribution in [0.2, 0.25) is 0 Å². The van der Waals surface area contributed by atoms with E-state index in [1.165, 1.54) is 17.5 Å². The van der Waals surface area contributed by atoms with Crippen LogP contribution in [-0.4, -0.2) is 0 Å². The molecule has 0 aromatic heterocycles. The fourth-order valence-electron chi connectivity index (χ4n) is 1.40. The van der Waals surface area contributed by atoms with E-state index in [1.807, 2.05) is 0 Å². The average Bonchev–Trinajstić information content (AvgIpc) is 2.04. The van der Waals surface area contributed by atoms with Crippen LogP contribution in [0.1, 0.15) is 38.3 Å². The summed E-state index contributed by atoms with van der Waals surface area (Å²) in [5.74, 6) is 0. The van der Waals surface area contributed by atoms with Crippen LogP contribution in [0.3, 0.4) is 0 Å². The molecule has 0 nitrogen and oxygen atoms in total. The summed E-state index contributed by atoms with van der Waals surface area (Å²) in [6.07, 6.45) is 2.37. The summed E-state index contributed by atoms with van der Waals surface area (Å²) in [4.78, 5) is 0. The molecule has 1 rings (SSSR count). The second-order valence-electron chi connectivity index (χ2n) is 4.01. The number of rotatable bonds is 3. The largest absolute Gasteiger partial charge is 0.168 e. The van der Waals surface area contributed by atoms with E-state index in [9.17, 15) is 0 Å². The predicted octanol–water partition coefficient (Wildman–Crippen LogP) is 3.80.